The summed E-state index contributed by atoms with van der Waals surface area (Å²) in [6.45, 7) is 1.61. The molecule has 3 N–H and O–H groups in total. The van der Waals surface area contributed by atoms with Crippen molar-refractivity contribution in [2.45, 2.75) is 51.5 Å². The molecule has 4 aliphatic carbocycles. The number of benzene rings is 1. The molecule has 7 nitrogen and oxygen atoms in total. The molecule has 0 unspecified atom stereocenters. The van der Waals surface area contributed by atoms with Gasteiger partial charge in [-0.1, -0.05) is 23.2 Å². The Morgan fingerprint density at radius 3 is 2.39 bits per heavy atom. The van der Waals surface area contributed by atoms with Crippen LogP contribution in [0.15, 0.2) is 22.4 Å². The number of aromatic amines is 1. The summed E-state index contributed by atoms with van der Waals surface area (Å²) in [6.07, 6.45) is 6.53. The Morgan fingerprint density at radius 2 is 1.77 bits per heavy atom. The first-order valence-electron chi connectivity index (χ1n) is 10.7. The Morgan fingerprint density at radius 1 is 1.16 bits per heavy atom. The highest BCUT2D eigenvalue weighted by Crippen LogP contribution is 2.60. The number of halogens is 2. The van der Waals surface area contributed by atoms with Gasteiger partial charge in [-0.3, -0.25) is 9.59 Å². The fraction of sp³-hybridized carbons (Fsp3) is 0.545. The highest BCUT2D eigenvalue weighted by atomic mass is 35.5. The number of aromatic hydroxyl groups is 1. The lowest BCUT2D eigenvalue weighted by Crippen LogP contribution is -2.55. The molecule has 4 fully saturated rings. The number of rotatable bonds is 4. The van der Waals surface area contributed by atoms with Crippen LogP contribution in [0.5, 0.6) is 5.88 Å². The molecule has 0 radical (unpaired) electrons. The molecule has 1 atom stereocenters. The Bertz CT molecular complexity index is 1070. The monoisotopic (exact) mass is 462 g/mol. The van der Waals surface area contributed by atoms with Crippen LogP contribution < -0.4 is 5.32 Å². The van der Waals surface area contributed by atoms with Crippen LogP contribution in [0.4, 0.5) is 5.69 Å². The van der Waals surface area contributed by atoms with Gasteiger partial charge in [0.05, 0.1) is 10.5 Å². The summed E-state index contributed by atoms with van der Waals surface area (Å²) < 4.78 is 0. The van der Waals surface area contributed by atoms with E-state index in [0.717, 1.165) is 19.3 Å². The van der Waals surface area contributed by atoms with E-state index in [1.165, 1.54) is 25.3 Å². The molecule has 4 saturated carbocycles. The highest BCUT2D eigenvalue weighted by Gasteiger charge is 2.54. The average Bonchev–Trinajstić information content (AvgIpc) is 3.00. The molecule has 0 aliphatic heterocycles. The van der Waals surface area contributed by atoms with Gasteiger partial charge in [0.25, 0.3) is 5.91 Å². The van der Waals surface area contributed by atoms with E-state index in [4.69, 9.17) is 23.2 Å². The Kier molecular flexibility index (Phi) is 5.01. The molecule has 1 aromatic heterocycles. The van der Waals surface area contributed by atoms with Crippen molar-refractivity contribution in [1.82, 2.24) is 10.3 Å². The molecule has 164 valence electrons. The number of H-pyrrole nitrogens is 1. The zero-order valence-electron chi connectivity index (χ0n) is 17.1. The number of carbonyl (C=O) groups excluding carboxylic acids is 2. The van der Waals surface area contributed by atoms with Crippen LogP contribution in [0.3, 0.4) is 0 Å². The molecule has 1 aromatic carbocycles. The van der Waals surface area contributed by atoms with E-state index >= 15 is 0 Å². The Balaban J connectivity index is 1.30. The first-order valence-corrected chi connectivity index (χ1v) is 11.5. The molecular formula is C22H24Cl2N4O3. The van der Waals surface area contributed by atoms with Gasteiger partial charge in [-0.2, -0.15) is 0 Å². The molecule has 2 amide bonds. The summed E-state index contributed by atoms with van der Waals surface area (Å²) in [5, 5.41) is 21.8. The molecule has 6 rings (SSSR count). The van der Waals surface area contributed by atoms with Crippen molar-refractivity contribution in [2.24, 2.45) is 33.4 Å². The standard InChI is InChI=1S/C22H24Cl2N4O3/c1-10(25-21(31)22-7-11-2-12(8-22)4-13(3-11)9-22)19(29)28-27-18-15-5-14(23)6-16(24)17(15)26-20(18)30/h5-6,10-13,26,30H,2-4,7-9H2,1H3,(H,25,31)/t10-,11?,12?,13?,22?/m1/s1. The van der Waals surface area contributed by atoms with Gasteiger partial charge < -0.3 is 15.4 Å². The molecule has 0 spiro atoms. The third-order valence-electron chi connectivity index (χ3n) is 7.26. The average molecular weight is 463 g/mol. The molecule has 0 saturated heterocycles. The minimum Gasteiger partial charge on any atom is -0.493 e. The largest absolute Gasteiger partial charge is 0.493 e. The summed E-state index contributed by atoms with van der Waals surface area (Å²) in [7, 11) is 0. The molecule has 31 heavy (non-hydrogen) atoms. The predicted molar refractivity (Wildman–Crippen MR) is 118 cm³/mol. The van der Waals surface area contributed by atoms with Crippen molar-refractivity contribution in [3.05, 3.63) is 22.2 Å². The zero-order chi connectivity index (χ0) is 21.9. The number of aromatic nitrogens is 1. The molecule has 2 aromatic rings. The summed E-state index contributed by atoms with van der Waals surface area (Å²) in [6, 6.07) is 2.31. The summed E-state index contributed by atoms with van der Waals surface area (Å²) in [5.74, 6) is 1.06. The van der Waals surface area contributed by atoms with Gasteiger partial charge in [0.2, 0.25) is 11.8 Å². The van der Waals surface area contributed by atoms with E-state index < -0.39 is 11.9 Å². The molecule has 4 aliphatic rings. The van der Waals surface area contributed by atoms with Crippen molar-refractivity contribution in [3.8, 4) is 5.88 Å². The van der Waals surface area contributed by atoms with E-state index in [1.54, 1.807) is 13.0 Å². The van der Waals surface area contributed by atoms with Crippen molar-refractivity contribution in [1.29, 1.82) is 0 Å². The SMILES string of the molecule is C[C@@H](NC(=O)C12CC3CC(CC(C3)C1)C2)C(=O)N=Nc1c(O)[nH]c2c(Cl)cc(Cl)cc12. The van der Waals surface area contributed by atoms with Gasteiger partial charge >= 0.3 is 0 Å². The minimum atomic E-state index is -0.802. The van der Waals surface area contributed by atoms with Crippen LogP contribution in [0.2, 0.25) is 10.0 Å². The normalized spacial score (nSPS) is 30.2. The first-order chi connectivity index (χ1) is 14.7. The van der Waals surface area contributed by atoms with E-state index in [0.29, 0.717) is 38.7 Å². The van der Waals surface area contributed by atoms with E-state index in [9.17, 15) is 14.7 Å². The van der Waals surface area contributed by atoms with Crippen LogP contribution >= 0.6 is 23.2 Å². The molecular weight excluding hydrogens is 439 g/mol. The number of carbonyl (C=O) groups is 2. The maximum Gasteiger partial charge on any atom is 0.286 e. The number of amides is 2. The first kappa shape index (κ1) is 20.8. The van der Waals surface area contributed by atoms with Gasteiger partial charge in [0.1, 0.15) is 6.04 Å². The molecule has 9 heteroatoms. The topological polar surface area (TPSA) is 107 Å². The van der Waals surface area contributed by atoms with E-state index in [1.807, 2.05) is 0 Å². The van der Waals surface area contributed by atoms with Crippen LogP contribution in [0.25, 0.3) is 10.9 Å². The molecule has 4 bridgehead atoms. The lowest BCUT2D eigenvalue weighted by molar-refractivity contribution is -0.148. The van der Waals surface area contributed by atoms with Crippen molar-refractivity contribution < 1.29 is 14.7 Å². The second-order valence-corrected chi connectivity index (χ2v) is 10.4. The fourth-order valence-corrected chi connectivity index (χ4v) is 6.82. The smallest absolute Gasteiger partial charge is 0.286 e. The summed E-state index contributed by atoms with van der Waals surface area (Å²) in [5.41, 5.74) is 0.198. The number of fused-ring (bicyclic) bond motifs is 1. The van der Waals surface area contributed by atoms with Crippen molar-refractivity contribution in [3.63, 3.8) is 0 Å². The molecule has 1 heterocycles. The third-order valence-corrected chi connectivity index (χ3v) is 7.78. The summed E-state index contributed by atoms with van der Waals surface area (Å²) in [4.78, 5) is 28.4. The van der Waals surface area contributed by atoms with E-state index in [-0.39, 0.29) is 22.9 Å². The number of hydrogen-bond donors (Lipinski definition) is 3. The highest BCUT2D eigenvalue weighted by molar-refractivity contribution is 6.38. The fourth-order valence-electron chi connectivity index (χ4n) is 6.28. The van der Waals surface area contributed by atoms with Gasteiger partial charge in [0, 0.05) is 15.8 Å². The lowest BCUT2D eigenvalue weighted by Gasteiger charge is -2.55. The lowest BCUT2D eigenvalue weighted by atomic mass is 9.49. The third kappa shape index (κ3) is 3.61. The quantitative estimate of drug-likeness (QED) is 0.521. The van der Waals surface area contributed by atoms with Crippen LogP contribution in [-0.4, -0.2) is 27.9 Å². The Hall–Kier alpha value is -2.12. The predicted octanol–water partition coefficient (Wildman–Crippen LogP) is 5.51. The van der Waals surface area contributed by atoms with Gasteiger partial charge in [-0.15, -0.1) is 10.2 Å². The summed E-state index contributed by atoms with van der Waals surface area (Å²) >= 11 is 12.2. The van der Waals surface area contributed by atoms with E-state index in [2.05, 4.69) is 20.5 Å². The van der Waals surface area contributed by atoms with Gasteiger partial charge in [-0.25, -0.2) is 0 Å². The maximum atomic E-state index is 13.1. The number of nitrogens with one attached hydrogen (secondary N) is 2. The minimum absolute atomic E-state index is 0.0313. The second kappa shape index (κ2) is 7.48. The number of nitrogens with zero attached hydrogens (tertiary/aromatic N) is 2. The second-order valence-electron chi connectivity index (χ2n) is 9.56. The van der Waals surface area contributed by atoms with Crippen LogP contribution in [0.1, 0.15) is 45.4 Å². The maximum absolute atomic E-state index is 13.1. The van der Waals surface area contributed by atoms with Crippen LogP contribution in [0, 0.1) is 23.2 Å². The van der Waals surface area contributed by atoms with Crippen molar-refractivity contribution in [2.75, 3.05) is 0 Å². The number of hydrogen-bond acceptors (Lipinski definition) is 4. The van der Waals surface area contributed by atoms with Gasteiger partial charge in [0.15, 0.2) is 5.69 Å². The van der Waals surface area contributed by atoms with Gasteiger partial charge in [-0.05, 0) is 75.3 Å². The zero-order valence-corrected chi connectivity index (χ0v) is 18.6. The van der Waals surface area contributed by atoms with Crippen LogP contribution in [-0.2, 0) is 9.59 Å². The van der Waals surface area contributed by atoms with Crippen molar-refractivity contribution >= 4 is 51.6 Å². The Labute approximate surface area is 189 Å². The number of azo groups is 1.